The molecule has 1 atom stereocenters. The van der Waals surface area contributed by atoms with Gasteiger partial charge in [-0.15, -0.1) is 0 Å². The minimum atomic E-state index is -0.205. The van der Waals surface area contributed by atoms with Crippen molar-refractivity contribution in [3.05, 3.63) is 76.2 Å². The maximum Gasteiger partial charge on any atom is 0.275 e. The van der Waals surface area contributed by atoms with Gasteiger partial charge in [0, 0.05) is 18.0 Å². The number of likely N-dealkylation sites (tertiary alicyclic amines) is 1. The minimum absolute atomic E-state index is 0.00417. The highest BCUT2D eigenvalue weighted by Crippen LogP contribution is 2.21. The van der Waals surface area contributed by atoms with Gasteiger partial charge in [0.1, 0.15) is 6.54 Å². The number of carbonyl (C=O) groups excluding carboxylic acids is 1. The van der Waals surface area contributed by atoms with Crippen molar-refractivity contribution in [2.45, 2.75) is 38.8 Å². The van der Waals surface area contributed by atoms with Crippen LogP contribution in [0.1, 0.15) is 24.1 Å². The molecular weight excluding hydrogens is 338 g/mol. The number of aromatic nitrogens is 2. The van der Waals surface area contributed by atoms with Crippen LogP contribution in [-0.2, 0) is 17.8 Å². The van der Waals surface area contributed by atoms with Gasteiger partial charge in [0.05, 0.1) is 11.1 Å². The Labute approximate surface area is 158 Å². The first kappa shape index (κ1) is 17.5. The van der Waals surface area contributed by atoms with E-state index < -0.39 is 0 Å². The molecule has 1 saturated heterocycles. The molecule has 1 aliphatic heterocycles. The Kier molecular flexibility index (Phi) is 4.75. The van der Waals surface area contributed by atoms with Gasteiger partial charge in [-0.3, -0.25) is 9.59 Å². The molecule has 0 bridgehead atoms. The first-order valence-corrected chi connectivity index (χ1v) is 9.43. The second-order valence-corrected chi connectivity index (χ2v) is 7.17. The highest BCUT2D eigenvalue weighted by molar-refractivity contribution is 5.83. The highest BCUT2D eigenvalue weighted by Gasteiger charge is 2.29. The lowest BCUT2D eigenvalue weighted by molar-refractivity contribution is -0.132. The van der Waals surface area contributed by atoms with Crippen LogP contribution < -0.4 is 5.56 Å². The first-order valence-electron chi connectivity index (χ1n) is 9.43. The van der Waals surface area contributed by atoms with Crippen molar-refractivity contribution in [3.63, 3.8) is 0 Å². The SMILES string of the molecule is Cc1nn(CC(=O)N2CCCC2Cc2ccccc2)c(=O)c2ccccc12. The third-order valence-corrected chi connectivity index (χ3v) is 5.35. The van der Waals surface area contributed by atoms with Gasteiger partial charge in [0.2, 0.25) is 5.91 Å². The van der Waals surface area contributed by atoms with E-state index in [1.54, 1.807) is 6.07 Å². The molecule has 1 aromatic heterocycles. The van der Waals surface area contributed by atoms with E-state index in [0.717, 1.165) is 36.9 Å². The third kappa shape index (κ3) is 3.50. The second kappa shape index (κ2) is 7.35. The van der Waals surface area contributed by atoms with E-state index >= 15 is 0 Å². The quantitative estimate of drug-likeness (QED) is 0.718. The van der Waals surface area contributed by atoms with Gasteiger partial charge in [-0.05, 0) is 37.8 Å². The molecule has 5 heteroatoms. The molecule has 4 rings (SSSR count). The molecule has 1 amide bonds. The van der Waals surface area contributed by atoms with Crippen molar-refractivity contribution in [3.8, 4) is 0 Å². The summed E-state index contributed by atoms with van der Waals surface area (Å²) in [5.74, 6) is -0.0299. The molecule has 27 heavy (non-hydrogen) atoms. The number of nitrogens with zero attached hydrogens (tertiary/aromatic N) is 3. The van der Waals surface area contributed by atoms with E-state index in [9.17, 15) is 9.59 Å². The topological polar surface area (TPSA) is 55.2 Å². The number of carbonyl (C=O) groups is 1. The smallest absolute Gasteiger partial charge is 0.275 e. The summed E-state index contributed by atoms with van der Waals surface area (Å²) in [6.45, 7) is 2.62. The number of amides is 1. The maximum absolute atomic E-state index is 12.9. The zero-order valence-electron chi connectivity index (χ0n) is 15.5. The number of benzene rings is 2. The summed E-state index contributed by atoms with van der Waals surface area (Å²) >= 11 is 0. The Hall–Kier alpha value is -2.95. The summed E-state index contributed by atoms with van der Waals surface area (Å²) in [5.41, 5.74) is 1.79. The van der Waals surface area contributed by atoms with Crippen molar-refractivity contribution in [2.75, 3.05) is 6.54 Å². The van der Waals surface area contributed by atoms with Crippen LogP contribution in [0.25, 0.3) is 10.8 Å². The molecule has 0 spiro atoms. The summed E-state index contributed by atoms with van der Waals surface area (Å²) < 4.78 is 1.32. The summed E-state index contributed by atoms with van der Waals surface area (Å²) in [5, 5.41) is 5.83. The van der Waals surface area contributed by atoms with Crippen LogP contribution in [0.5, 0.6) is 0 Å². The fourth-order valence-electron chi connectivity index (χ4n) is 3.99. The van der Waals surface area contributed by atoms with Crippen molar-refractivity contribution in [1.82, 2.24) is 14.7 Å². The molecule has 0 saturated carbocycles. The lowest BCUT2D eigenvalue weighted by Gasteiger charge is -2.25. The zero-order chi connectivity index (χ0) is 18.8. The largest absolute Gasteiger partial charge is 0.338 e. The molecular formula is C22H23N3O2. The molecule has 138 valence electrons. The molecule has 1 unspecified atom stereocenters. The van der Waals surface area contributed by atoms with Gasteiger partial charge in [-0.1, -0.05) is 48.5 Å². The standard InChI is InChI=1S/C22H23N3O2/c1-16-19-11-5-6-12-20(19)22(27)25(23-16)15-21(26)24-13-7-10-18(24)14-17-8-3-2-4-9-17/h2-6,8-9,11-12,18H,7,10,13-15H2,1H3. The van der Waals surface area contributed by atoms with Crippen LogP contribution in [0.15, 0.2) is 59.4 Å². The van der Waals surface area contributed by atoms with Crippen LogP contribution >= 0.6 is 0 Å². The van der Waals surface area contributed by atoms with Gasteiger partial charge in [0.15, 0.2) is 0 Å². The minimum Gasteiger partial charge on any atom is -0.338 e. The molecule has 5 nitrogen and oxygen atoms in total. The molecule has 3 aromatic rings. The van der Waals surface area contributed by atoms with E-state index in [0.29, 0.717) is 5.39 Å². The summed E-state index contributed by atoms with van der Waals surface area (Å²) in [7, 11) is 0. The van der Waals surface area contributed by atoms with Gasteiger partial charge in [-0.25, -0.2) is 4.68 Å². The van der Waals surface area contributed by atoms with Crippen molar-refractivity contribution in [1.29, 1.82) is 0 Å². The third-order valence-electron chi connectivity index (χ3n) is 5.35. The molecule has 0 aliphatic carbocycles. The average molecular weight is 361 g/mol. The number of rotatable bonds is 4. The van der Waals surface area contributed by atoms with Crippen LogP contribution in [0.2, 0.25) is 0 Å². The normalized spacial score (nSPS) is 16.8. The van der Waals surface area contributed by atoms with Crippen LogP contribution in [0.3, 0.4) is 0 Å². The Morgan fingerprint density at radius 2 is 1.78 bits per heavy atom. The number of fused-ring (bicyclic) bond motifs is 1. The maximum atomic E-state index is 12.9. The first-order chi connectivity index (χ1) is 13.1. The van der Waals surface area contributed by atoms with Crippen LogP contribution in [0, 0.1) is 6.92 Å². The molecule has 2 aromatic carbocycles. The second-order valence-electron chi connectivity index (χ2n) is 7.17. The van der Waals surface area contributed by atoms with Crippen LogP contribution in [-0.4, -0.2) is 33.2 Å². The zero-order valence-corrected chi connectivity index (χ0v) is 15.5. The summed E-state index contributed by atoms with van der Waals surface area (Å²) in [6.07, 6.45) is 2.85. The van der Waals surface area contributed by atoms with E-state index in [4.69, 9.17) is 0 Å². The van der Waals surface area contributed by atoms with Gasteiger partial charge in [-0.2, -0.15) is 5.10 Å². The summed E-state index contributed by atoms with van der Waals surface area (Å²) in [6, 6.07) is 17.9. The summed E-state index contributed by atoms with van der Waals surface area (Å²) in [4.78, 5) is 27.6. The van der Waals surface area contributed by atoms with Gasteiger partial charge < -0.3 is 4.90 Å². The fraction of sp³-hybridized carbons (Fsp3) is 0.318. The Morgan fingerprint density at radius 1 is 1.07 bits per heavy atom. The Bertz CT molecular complexity index is 1030. The van der Waals surface area contributed by atoms with Crippen molar-refractivity contribution in [2.24, 2.45) is 0 Å². The highest BCUT2D eigenvalue weighted by atomic mass is 16.2. The lowest BCUT2D eigenvalue weighted by Crippen LogP contribution is -2.41. The van der Waals surface area contributed by atoms with Gasteiger partial charge >= 0.3 is 0 Å². The van der Waals surface area contributed by atoms with E-state index in [-0.39, 0.29) is 24.1 Å². The van der Waals surface area contributed by atoms with Crippen LogP contribution in [0.4, 0.5) is 0 Å². The number of aryl methyl sites for hydroxylation is 1. The molecule has 1 fully saturated rings. The number of hydrogen-bond donors (Lipinski definition) is 0. The Morgan fingerprint density at radius 3 is 2.56 bits per heavy atom. The molecule has 2 heterocycles. The van der Waals surface area contributed by atoms with Crippen molar-refractivity contribution >= 4 is 16.7 Å². The van der Waals surface area contributed by atoms with E-state index in [1.807, 2.05) is 48.2 Å². The van der Waals surface area contributed by atoms with Gasteiger partial charge in [0.25, 0.3) is 5.56 Å². The predicted octanol–water partition coefficient (Wildman–Crippen LogP) is 2.94. The van der Waals surface area contributed by atoms with E-state index in [2.05, 4.69) is 17.2 Å². The average Bonchev–Trinajstić information content (AvgIpc) is 3.15. The van der Waals surface area contributed by atoms with E-state index in [1.165, 1.54) is 10.2 Å². The lowest BCUT2D eigenvalue weighted by atomic mass is 10.0. The molecule has 0 radical (unpaired) electrons. The monoisotopic (exact) mass is 361 g/mol. The predicted molar refractivity (Wildman–Crippen MR) is 106 cm³/mol. The fourth-order valence-corrected chi connectivity index (χ4v) is 3.99. The molecule has 1 aliphatic rings. The molecule has 0 N–H and O–H groups in total. The Balaban J connectivity index is 1.56. The van der Waals surface area contributed by atoms with Crippen molar-refractivity contribution < 1.29 is 4.79 Å². The number of hydrogen-bond acceptors (Lipinski definition) is 3.